The Hall–Kier alpha value is -4.69. The number of nitrogens with one attached hydrogen (secondary N) is 3. The van der Waals surface area contributed by atoms with Crippen molar-refractivity contribution in [1.29, 1.82) is 0 Å². The predicted molar refractivity (Wildman–Crippen MR) is 311 cm³/mol. The van der Waals surface area contributed by atoms with Crippen molar-refractivity contribution in [2.75, 3.05) is 170 Å². The van der Waals surface area contributed by atoms with Crippen molar-refractivity contribution in [2.45, 2.75) is 96.3 Å². The first kappa shape index (κ1) is 67.8. The third-order valence-corrected chi connectivity index (χ3v) is 15.3. The molecule has 4 aliphatic rings. The SMILES string of the molecule is CC(C)(C)c1ccc(CNC23CNCCNCC(N)(CN(CC(=O)O)CCN(CC(=O)O)C2)CN(CC(=O)O)CCN(CC(=O)O)C3)cc1.CCN1CCOCCN(CC(=O)O)[C@@H](Cc2ccc(C(C)(C)C)cc2)CN(CC)CC1. The van der Waals surface area contributed by atoms with Gasteiger partial charge >= 0.3 is 29.8 Å². The summed E-state index contributed by atoms with van der Waals surface area (Å²) in [5, 5.41) is 59.5. The fourth-order valence-electron chi connectivity index (χ4n) is 10.8. The van der Waals surface area contributed by atoms with Gasteiger partial charge in [-0.15, -0.1) is 0 Å². The van der Waals surface area contributed by atoms with Gasteiger partial charge in [0.25, 0.3) is 0 Å². The molecule has 0 aromatic heterocycles. The van der Waals surface area contributed by atoms with Gasteiger partial charge in [0.05, 0.1) is 57.0 Å². The maximum atomic E-state index is 12.2. The molecular weight excluding hydrogens is 1030 g/mol. The summed E-state index contributed by atoms with van der Waals surface area (Å²) in [5.74, 6) is -5.00. The first-order valence-corrected chi connectivity index (χ1v) is 28.6. The highest BCUT2D eigenvalue weighted by atomic mass is 16.5. The van der Waals surface area contributed by atoms with Crippen molar-refractivity contribution < 1.29 is 54.2 Å². The lowest BCUT2D eigenvalue weighted by atomic mass is 9.86. The minimum atomic E-state index is -1.08. The van der Waals surface area contributed by atoms with E-state index in [1.165, 1.54) is 16.7 Å². The number of carboxylic acid groups (broad SMARTS) is 5. The van der Waals surface area contributed by atoms with E-state index in [-0.39, 0.29) is 108 Å². The summed E-state index contributed by atoms with van der Waals surface area (Å²) < 4.78 is 5.87. The Morgan fingerprint density at radius 1 is 0.550 bits per heavy atom. The molecule has 4 fully saturated rings. The second kappa shape index (κ2) is 32.8. The zero-order valence-electron chi connectivity index (χ0n) is 49.4. The molecule has 0 aliphatic carbocycles. The van der Waals surface area contributed by atoms with Gasteiger partial charge in [0.2, 0.25) is 0 Å². The standard InChI is InChI=1S/C33H56N8O8.C25H43N3O3/c1-31(2,3)26-6-4-25(5-7-26)14-37-33-20-36-9-8-35-19-32(34,21-38(15-27(42)43)10-12-40(23-33)17-29(46)47)22-39(16-28(44)45)11-13-41(24-33)18-30(48)49;1-6-26-12-13-27(7-2)19-23(28(20-24(29)30)15-17-31-16-14-26)18-21-8-10-22(11-9-21)25(3,4)5/h4-7,35-37H,8-24,34H2,1-3H3,(H,42,43)(H,44,45)(H,46,47)(H,48,49);8-11,23H,6-7,12-20H2,1-5H3,(H,29,30)/t;23-/m.0/s1. The molecule has 22 heteroatoms. The number of benzene rings is 2. The maximum Gasteiger partial charge on any atom is 0.317 e. The van der Waals surface area contributed by atoms with Gasteiger partial charge in [-0.2, -0.15) is 0 Å². The molecule has 2 aromatic carbocycles. The molecule has 4 heterocycles. The number of carbonyl (C=O) groups is 5. The molecular formula is C58H99N11O11. The maximum absolute atomic E-state index is 12.2. The average Bonchev–Trinajstić information content (AvgIpc) is 3.35. The first-order valence-electron chi connectivity index (χ1n) is 28.6. The van der Waals surface area contributed by atoms with E-state index >= 15 is 0 Å². The molecule has 6 rings (SSSR count). The van der Waals surface area contributed by atoms with Gasteiger partial charge in [0.15, 0.2) is 0 Å². The fraction of sp³-hybridized carbons (Fsp3) is 0.707. The third kappa shape index (κ3) is 25.2. The van der Waals surface area contributed by atoms with Crippen LogP contribution in [0.3, 0.4) is 0 Å². The predicted octanol–water partition coefficient (Wildman–Crippen LogP) is 1.22. The van der Waals surface area contributed by atoms with E-state index in [2.05, 4.69) is 122 Å². The van der Waals surface area contributed by atoms with Crippen LogP contribution in [-0.4, -0.2) is 277 Å². The van der Waals surface area contributed by atoms with E-state index in [9.17, 15) is 49.5 Å². The van der Waals surface area contributed by atoms with Crippen molar-refractivity contribution in [1.82, 2.24) is 50.2 Å². The van der Waals surface area contributed by atoms with Gasteiger partial charge in [-0.3, -0.25) is 48.5 Å². The van der Waals surface area contributed by atoms with E-state index in [4.69, 9.17) is 10.5 Å². The zero-order chi connectivity index (χ0) is 59.1. The minimum Gasteiger partial charge on any atom is -0.480 e. The lowest BCUT2D eigenvalue weighted by Gasteiger charge is -2.45. The van der Waals surface area contributed by atoms with Crippen LogP contribution in [0.5, 0.6) is 0 Å². The van der Waals surface area contributed by atoms with Gasteiger partial charge in [-0.05, 0) is 52.6 Å². The highest BCUT2D eigenvalue weighted by Crippen LogP contribution is 2.25. The molecule has 0 radical (unpaired) electrons. The lowest BCUT2D eigenvalue weighted by molar-refractivity contribution is -0.141. The van der Waals surface area contributed by atoms with Crippen molar-refractivity contribution >= 4 is 29.8 Å². The van der Waals surface area contributed by atoms with Gasteiger partial charge in [0.1, 0.15) is 0 Å². The first-order chi connectivity index (χ1) is 37.7. The van der Waals surface area contributed by atoms with Crippen LogP contribution in [0, 0.1) is 0 Å². The number of rotatable bonds is 17. The quantitative estimate of drug-likeness (QED) is 0.108. The van der Waals surface area contributed by atoms with Gasteiger partial charge in [-0.25, -0.2) is 0 Å². The number of fused-ring (bicyclic) bond motifs is 15. The molecule has 4 saturated heterocycles. The van der Waals surface area contributed by atoms with Crippen LogP contribution in [0.4, 0.5) is 0 Å². The molecule has 80 heavy (non-hydrogen) atoms. The van der Waals surface area contributed by atoms with Crippen LogP contribution in [0.2, 0.25) is 0 Å². The average molecular weight is 1130 g/mol. The Kier molecular flexibility index (Phi) is 27.8. The molecule has 4 aliphatic heterocycles. The molecule has 2 aromatic rings. The van der Waals surface area contributed by atoms with Gasteiger partial charge in [0, 0.05) is 124 Å². The molecule has 0 spiro atoms. The van der Waals surface area contributed by atoms with Crippen LogP contribution in [0.15, 0.2) is 48.5 Å². The number of nitrogens with two attached hydrogens (primary N) is 1. The normalized spacial score (nSPS) is 23.6. The molecule has 452 valence electrons. The Morgan fingerprint density at radius 3 is 1.39 bits per heavy atom. The fourth-order valence-corrected chi connectivity index (χ4v) is 10.8. The summed E-state index contributed by atoms with van der Waals surface area (Å²) in [5.41, 5.74) is 9.83. The van der Waals surface area contributed by atoms with Crippen molar-refractivity contribution in [2.24, 2.45) is 5.73 Å². The van der Waals surface area contributed by atoms with Crippen molar-refractivity contribution in [3.8, 4) is 0 Å². The van der Waals surface area contributed by atoms with Crippen molar-refractivity contribution in [3.63, 3.8) is 0 Å². The van der Waals surface area contributed by atoms with Crippen molar-refractivity contribution in [3.05, 3.63) is 70.8 Å². The number of aliphatic carboxylic acids is 5. The molecule has 22 nitrogen and oxygen atoms in total. The highest BCUT2D eigenvalue weighted by molar-refractivity contribution is 5.70. The van der Waals surface area contributed by atoms with Crippen LogP contribution in [0.1, 0.15) is 77.6 Å². The van der Waals surface area contributed by atoms with E-state index in [1.54, 1.807) is 19.6 Å². The molecule has 1 atom stereocenters. The Bertz CT molecular complexity index is 2160. The molecule has 0 unspecified atom stereocenters. The van der Waals surface area contributed by atoms with E-state index < -0.39 is 40.9 Å². The van der Waals surface area contributed by atoms with E-state index in [0.29, 0.717) is 45.9 Å². The summed E-state index contributed by atoms with van der Waals surface area (Å²) in [6.07, 6.45) is 0.839. The Balaban J connectivity index is 0.000000382. The van der Waals surface area contributed by atoms with Gasteiger partial charge in [-0.1, -0.05) is 104 Å². The number of ether oxygens (including phenoxy) is 1. The Labute approximate surface area is 475 Å². The Morgan fingerprint density at radius 2 is 0.950 bits per heavy atom. The summed E-state index contributed by atoms with van der Waals surface area (Å²) in [6, 6.07) is 17.2. The van der Waals surface area contributed by atoms with Gasteiger partial charge < -0.3 is 61.8 Å². The largest absolute Gasteiger partial charge is 0.480 e. The summed E-state index contributed by atoms with van der Waals surface area (Å²) in [4.78, 5) is 73.7. The van der Waals surface area contributed by atoms with E-state index in [0.717, 1.165) is 51.3 Å². The second-order valence-corrected chi connectivity index (χ2v) is 24.3. The van der Waals surface area contributed by atoms with Crippen LogP contribution in [-0.2, 0) is 52.5 Å². The number of hydrogen-bond acceptors (Lipinski definition) is 17. The van der Waals surface area contributed by atoms with Crippen LogP contribution < -0.4 is 21.7 Å². The zero-order valence-corrected chi connectivity index (χ0v) is 49.4. The summed E-state index contributed by atoms with van der Waals surface area (Å²) in [7, 11) is 0. The molecule has 0 saturated carbocycles. The molecule has 2 bridgehead atoms. The second-order valence-electron chi connectivity index (χ2n) is 24.3. The molecule has 10 N–H and O–H groups in total. The summed E-state index contributed by atoms with van der Waals surface area (Å²) in [6.45, 7) is 27.3. The van der Waals surface area contributed by atoms with E-state index in [1.807, 2.05) is 12.1 Å². The third-order valence-electron chi connectivity index (χ3n) is 15.3. The lowest BCUT2D eigenvalue weighted by Crippen LogP contribution is -2.67. The van der Waals surface area contributed by atoms with Crippen LogP contribution in [0.25, 0.3) is 0 Å². The minimum absolute atomic E-state index is 0.0277. The molecule has 0 amide bonds. The number of likely N-dealkylation sites (N-methyl/N-ethyl adjacent to an activating group) is 2. The highest BCUT2D eigenvalue weighted by Gasteiger charge is 2.38. The smallest absolute Gasteiger partial charge is 0.317 e. The number of hydrogen-bond donors (Lipinski definition) is 9. The monoisotopic (exact) mass is 1130 g/mol. The number of nitrogens with zero attached hydrogens (tertiary/aromatic N) is 7. The topological polar surface area (TPSA) is 281 Å². The van der Waals surface area contributed by atoms with Crippen LogP contribution >= 0.6 is 0 Å². The summed E-state index contributed by atoms with van der Waals surface area (Å²) >= 11 is 0. The number of carboxylic acids is 5.